The van der Waals surface area contributed by atoms with Crippen molar-refractivity contribution >= 4 is 45.2 Å². The van der Waals surface area contributed by atoms with Gasteiger partial charge in [0.25, 0.3) is 0 Å². The Bertz CT molecular complexity index is 1040. The van der Waals surface area contributed by atoms with E-state index in [0.717, 1.165) is 6.07 Å². The van der Waals surface area contributed by atoms with Gasteiger partial charge < -0.3 is 19.7 Å². The molecular weight excluding hydrogens is 474 g/mol. The monoisotopic (exact) mass is 503 g/mol. The number of esters is 2. The van der Waals surface area contributed by atoms with E-state index >= 15 is 0 Å². The van der Waals surface area contributed by atoms with Gasteiger partial charge in [0, 0.05) is 6.54 Å². The fraction of sp³-hybridized carbons (Fsp3) is 0.571. The zero-order valence-electron chi connectivity index (χ0n) is 19.3. The Morgan fingerprint density at radius 1 is 1.30 bits per heavy atom. The van der Waals surface area contributed by atoms with Crippen LogP contribution in [0.5, 0.6) is 0 Å². The van der Waals surface area contributed by atoms with Crippen LogP contribution in [-0.2, 0) is 29.1 Å². The number of likely N-dealkylation sites (tertiary alicyclic amines) is 1. The number of sulfonamides is 1. The molecule has 1 amide bonds. The van der Waals surface area contributed by atoms with Gasteiger partial charge in [0.2, 0.25) is 15.9 Å². The first-order chi connectivity index (χ1) is 15.2. The van der Waals surface area contributed by atoms with Gasteiger partial charge in [0.1, 0.15) is 22.6 Å². The van der Waals surface area contributed by atoms with Crippen molar-refractivity contribution in [1.29, 1.82) is 0 Å². The lowest BCUT2D eigenvalue weighted by molar-refractivity contribution is -0.163. The molecule has 1 saturated heterocycles. The molecule has 2 atom stereocenters. The number of nitrogens with one attached hydrogen (secondary N) is 1. The average Bonchev–Trinajstić information content (AvgIpc) is 3.15. The third-order valence-corrected chi connectivity index (χ3v) is 6.09. The first kappa shape index (κ1) is 26.9. The molecule has 33 heavy (non-hydrogen) atoms. The number of hydrogen-bond donors (Lipinski definition) is 2. The SMILES string of the molecule is CCOC(=O)c1cc(S(N)(=O)=O)c(N[C@@H](C)C(=O)N2CCC[C@H]2C(=O)OC(C)(C)C)cc1Cl. The molecule has 2 rings (SSSR count). The van der Waals surface area contributed by atoms with Crippen molar-refractivity contribution in [3.05, 3.63) is 22.7 Å². The van der Waals surface area contributed by atoms with Gasteiger partial charge in [-0.2, -0.15) is 0 Å². The minimum Gasteiger partial charge on any atom is -0.462 e. The van der Waals surface area contributed by atoms with Crippen molar-refractivity contribution in [2.24, 2.45) is 5.14 Å². The number of benzene rings is 1. The summed E-state index contributed by atoms with van der Waals surface area (Å²) in [5.41, 5.74) is -0.916. The second-order valence-corrected chi connectivity index (χ2v) is 10.6. The molecule has 3 N–H and O–H groups in total. The van der Waals surface area contributed by atoms with Crippen LogP contribution >= 0.6 is 11.6 Å². The van der Waals surface area contributed by atoms with Crippen molar-refractivity contribution in [2.75, 3.05) is 18.5 Å². The Morgan fingerprint density at radius 3 is 2.48 bits per heavy atom. The number of halogens is 1. The summed E-state index contributed by atoms with van der Waals surface area (Å²) in [6.07, 6.45) is 1.10. The molecule has 0 aromatic heterocycles. The summed E-state index contributed by atoms with van der Waals surface area (Å²) in [7, 11) is -4.28. The van der Waals surface area contributed by atoms with Crippen LogP contribution in [0.15, 0.2) is 17.0 Å². The van der Waals surface area contributed by atoms with E-state index in [1.165, 1.54) is 17.9 Å². The predicted octanol–water partition coefficient (Wildman–Crippen LogP) is 2.30. The first-order valence-electron chi connectivity index (χ1n) is 10.5. The maximum atomic E-state index is 13.1. The van der Waals surface area contributed by atoms with E-state index in [1.807, 2.05) is 0 Å². The van der Waals surface area contributed by atoms with E-state index in [9.17, 15) is 22.8 Å². The molecule has 0 aliphatic carbocycles. The fourth-order valence-corrected chi connectivity index (χ4v) is 4.40. The Labute approximate surface area is 198 Å². The molecule has 1 aromatic rings. The quantitative estimate of drug-likeness (QED) is 0.539. The Morgan fingerprint density at radius 2 is 1.94 bits per heavy atom. The van der Waals surface area contributed by atoms with Gasteiger partial charge in [-0.3, -0.25) is 4.79 Å². The Kier molecular flexibility index (Phi) is 8.36. The maximum Gasteiger partial charge on any atom is 0.339 e. The highest BCUT2D eigenvalue weighted by Gasteiger charge is 2.38. The van der Waals surface area contributed by atoms with Crippen LogP contribution in [0.25, 0.3) is 0 Å². The summed E-state index contributed by atoms with van der Waals surface area (Å²) < 4.78 is 34.6. The van der Waals surface area contributed by atoms with E-state index in [1.54, 1.807) is 27.7 Å². The van der Waals surface area contributed by atoms with Gasteiger partial charge in [-0.05, 0) is 59.6 Å². The zero-order chi connectivity index (χ0) is 25.1. The Hall–Kier alpha value is -2.37. The molecule has 0 bridgehead atoms. The molecule has 1 fully saturated rings. The second-order valence-electron chi connectivity index (χ2n) is 8.68. The van der Waals surface area contributed by atoms with Gasteiger partial charge in [0.15, 0.2) is 0 Å². The van der Waals surface area contributed by atoms with Crippen LogP contribution in [0.3, 0.4) is 0 Å². The summed E-state index contributed by atoms with van der Waals surface area (Å²) in [6, 6.07) is 0.549. The number of hydrogen-bond acceptors (Lipinski definition) is 8. The van der Waals surface area contributed by atoms with Crippen LogP contribution < -0.4 is 10.5 Å². The maximum absolute atomic E-state index is 13.1. The van der Waals surface area contributed by atoms with Crippen molar-refractivity contribution in [3.63, 3.8) is 0 Å². The molecule has 1 aliphatic rings. The lowest BCUT2D eigenvalue weighted by Crippen LogP contribution is -2.48. The smallest absolute Gasteiger partial charge is 0.339 e. The van der Waals surface area contributed by atoms with Crippen LogP contribution in [0.1, 0.15) is 57.8 Å². The highest BCUT2D eigenvalue weighted by atomic mass is 35.5. The number of nitrogens with zero attached hydrogens (tertiary/aromatic N) is 1. The van der Waals surface area contributed by atoms with Crippen molar-refractivity contribution in [3.8, 4) is 0 Å². The fourth-order valence-electron chi connectivity index (χ4n) is 3.46. The normalized spacial score (nSPS) is 17.4. The summed E-state index contributed by atoms with van der Waals surface area (Å²) in [6.45, 7) is 8.78. The van der Waals surface area contributed by atoms with Crippen LogP contribution in [0, 0.1) is 0 Å². The predicted molar refractivity (Wildman–Crippen MR) is 122 cm³/mol. The minimum atomic E-state index is -4.28. The molecule has 1 heterocycles. The van der Waals surface area contributed by atoms with E-state index in [-0.39, 0.29) is 22.9 Å². The number of carbonyl (C=O) groups is 3. The average molecular weight is 504 g/mol. The number of rotatable bonds is 7. The molecule has 1 aliphatic heterocycles. The molecule has 184 valence electrons. The molecule has 0 radical (unpaired) electrons. The number of nitrogens with two attached hydrogens (primary N) is 1. The van der Waals surface area contributed by atoms with Gasteiger partial charge in [0.05, 0.1) is 22.9 Å². The lowest BCUT2D eigenvalue weighted by Gasteiger charge is -2.29. The van der Waals surface area contributed by atoms with E-state index in [2.05, 4.69) is 5.32 Å². The topological polar surface area (TPSA) is 145 Å². The minimum absolute atomic E-state index is 0.0515. The van der Waals surface area contributed by atoms with E-state index < -0.39 is 50.4 Å². The van der Waals surface area contributed by atoms with Crippen LogP contribution in [0.4, 0.5) is 5.69 Å². The Balaban J connectivity index is 2.30. The van der Waals surface area contributed by atoms with Gasteiger partial charge >= 0.3 is 11.9 Å². The number of amides is 1. The van der Waals surface area contributed by atoms with Gasteiger partial charge in [-0.1, -0.05) is 11.6 Å². The number of primary sulfonamides is 1. The van der Waals surface area contributed by atoms with Gasteiger partial charge in [-0.15, -0.1) is 0 Å². The number of ether oxygens (including phenoxy) is 2. The summed E-state index contributed by atoms with van der Waals surface area (Å²) >= 11 is 6.17. The standard InChI is InChI=1S/C21H30ClN3O7S/c1-6-31-19(27)13-10-17(33(23,29)30)15(11-14(13)22)24-12(2)18(26)25-9-7-8-16(25)20(28)32-21(3,4)5/h10-12,16,24H,6-9H2,1-5H3,(H2,23,29,30)/t12-,16-/m0/s1. The molecule has 1 aromatic carbocycles. The summed E-state index contributed by atoms with van der Waals surface area (Å²) in [5, 5.41) is 8.05. The van der Waals surface area contributed by atoms with Crippen molar-refractivity contribution in [1.82, 2.24) is 4.90 Å². The number of anilines is 1. The lowest BCUT2D eigenvalue weighted by atomic mass is 10.1. The largest absolute Gasteiger partial charge is 0.462 e. The highest BCUT2D eigenvalue weighted by molar-refractivity contribution is 7.89. The van der Waals surface area contributed by atoms with Crippen LogP contribution in [0.2, 0.25) is 5.02 Å². The molecule has 0 saturated carbocycles. The van der Waals surface area contributed by atoms with Crippen molar-refractivity contribution < 1.29 is 32.3 Å². The molecule has 0 unspecified atom stereocenters. The zero-order valence-corrected chi connectivity index (χ0v) is 20.9. The number of carbonyl (C=O) groups excluding carboxylic acids is 3. The van der Waals surface area contributed by atoms with E-state index in [0.29, 0.717) is 19.4 Å². The molecule has 10 nitrogen and oxygen atoms in total. The molecule has 12 heteroatoms. The van der Waals surface area contributed by atoms with Crippen molar-refractivity contribution in [2.45, 2.75) is 70.0 Å². The molecule has 0 spiro atoms. The molecular formula is C21H30ClN3O7S. The van der Waals surface area contributed by atoms with Gasteiger partial charge in [-0.25, -0.2) is 23.1 Å². The summed E-state index contributed by atoms with van der Waals surface area (Å²) in [4.78, 5) is 38.7. The first-order valence-corrected chi connectivity index (χ1v) is 12.4. The second kappa shape index (κ2) is 10.3. The van der Waals surface area contributed by atoms with Crippen LogP contribution in [-0.4, -0.2) is 62.0 Å². The van der Waals surface area contributed by atoms with E-state index in [4.69, 9.17) is 26.2 Å². The highest BCUT2D eigenvalue weighted by Crippen LogP contribution is 2.30. The summed E-state index contributed by atoms with van der Waals surface area (Å²) in [5.74, 6) is -1.72. The third kappa shape index (κ3) is 6.81. The third-order valence-electron chi connectivity index (χ3n) is 4.83.